The Bertz CT molecular complexity index is 687. The molecule has 0 aliphatic heterocycles. The van der Waals surface area contributed by atoms with Crippen LogP contribution >= 0.6 is 0 Å². The number of carbonyl (C=O) groups excluding carboxylic acids is 1. The number of hydrogen-bond acceptors (Lipinski definition) is 14. The minimum atomic E-state index is -0.511. The van der Waals surface area contributed by atoms with Crippen LogP contribution in [0, 0.1) is 0 Å². The number of rotatable bonds is 42. The van der Waals surface area contributed by atoms with Crippen molar-refractivity contribution in [3.05, 3.63) is 0 Å². The monoisotopic (exact) mass is 744 g/mol. The molecule has 0 aromatic rings. The molecule has 306 valence electrons. The molecule has 0 unspecified atom stereocenters. The van der Waals surface area contributed by atoms with Crippen LogP contribution in [-0.2, 0) is 61.6 Å². The lowest BCUT2D eigenvalue weighted by Crippen LogP contribution is -2.34. The van der Waals surface area contributed by atoms with Gasteiger partial charge in [-0.1, -0.05) is 32.6 Å². The van der Waals surface area contributed by atoms with Crippen LogP contribution in [0.5, 0.6) is 0 Å². The smallest absolute Gasteiger partial charge is 0.407 e. The molecule has 0 aromatic carbocycles. The van der Waals surface area contributed by atoms with Crippen LogP contribution in [0.3, 0.4) is 0 Å². The fourth-order valence-corrected chi connectivity index (χ4v) is 3.87. The first-order chi connectivity index (χ1) is 25.0. The number of hydrogen-bond donors (Lipinski definition) is 1. The summed E-state index contributed by atoms with van der Waals surface area (Å²) < 4.78 is 70.9. The van der Waals surface area contributed by atoms with Crippen molar-refractivity contribution in [2.75, 3.05) is 165 Å². The molecule has 0 radical (unpaired) electrons. The Labute approximate surface area is 308 Å². The lowest BCUT2D eigenvalue weighted by atomic mass is 10.2. The molecule has 0 fully saturated rings. The first-order valence-corrected chi connectivity index (χ1v) is 18.9. The van der Waals surface area contributed by atoms with E-state index in [4.69, 9.17) is 61.6 Å². The van der Waals surface area contributed by atoms with Gasteiger partial charge in [-0.25, -0.2) is 4.79 Å². The Kier molecular flexibility index (Phi) is 40.6. The van der Waals surface area contributed by atoms with Gasteiger partial charge in [-0.05, 0) is 27.2 Å². The van der Waals surface area contributed by atoms with E-state index in [1.54, 1.807) is 0 Å². The molecule has 0 saturated carbocycles. The van der Waals surface area contributed by atoms with Crippen LogP contribution < -0.4 is 5.32 Å². The Morgan fingerprint density at radius 2 is 0.627 bits per heavy atom. The third-order valence-electron chi connectivity index (χ3n) is 6.40. The van der Waals surface area contributed by atoms with Crippen LogP contribution in [-0.4, -0.2) is 177 Å². The van der Waals surface area contributed by atoms with E-state index in [2.05, 4.69) is 12.2 Å². The highest BCUT2D eigenvalue weighted by Gasteiger charge is 2.15. The van der Waals surface area contributed by atoms with Gasteiger partial charge in [-0.15, -0.1) is 0 Å². The summed E-state index contributed by atoms with van der Waals surface area (Å²) in [5.41, 5.74) is -0.511. The quantitative estimate of drug-likeness (QED) is 0.0907. The summed E-state index contributed by atoms with van der Waals surface area (Å²) in [6.45, 7) is 20.6. The summed E-state index contributed by atoms with van der Waals surface area (Å²) in [6, 6.07) is 0. The van der Waals surface area contributed by atoms with Crippen molar-refractivity contribution in [1.82, 2.24) is 5.32 Å². The Balaban J connectivity index is 3.09. The Morgan fingerprint density at radius 1 is 0.373 bits per heavy atom. The Hall–Kier alpha value is -1.21. The summed E-state index contributed by atoms with van der Waals surface area (Å²) in [6.07, 6.45) is 5.81. The second-order valence-corrected chi connectivity index (χ2v) is 12.2. The van der Waals surface area contributed by atoms with Crippen molar-refractivity contribution in [2.45, 2.75) is 65.4 Å². The summed E-state index contributed by atoms with van der Waals surface area (Å²) in [4.78, 5) is 11.5. The van der Waals surface area contributed by atoms with Gasteiger partial charge in [0, 0.05) is 13.2 Å². The highest BCUT2D eigenvalue weighted by Crippen LogP contribution is 2.06. The van der Waals surface area contributed by atoms with E-state index in [1.807, 2.05) is 20.8 Å². The second kappa shape index (κ2) is 41.5. The molecule has 1 N–H and O–H groups in total. The largest absolute Gasteiger partial charge is 0.444 e. The van der Waals surface area contributed by atoms with E-state index < -0.39 is 11.7 Å². The molecule has 1 amide bonds. The fourth-order valence-electron chi connectivity index (χ4n) is 3.87. The molecular formula is C36H73NO14. The van der Waals surface area contributed by atoms with Crippen molar-refractivity contribution in [3.63, 3.8) is 0 Å². The molecule has 0 saturated heterocycles. The van der Waals surface area contributed by atoms with Crippen molar-refractivity contribution in [3.8, 4) is 0 Å². The maximum absolute atomic E-state index is 11.5. The van der Waals surface area contributed by atoms with Crippen LogP contribution in [0.4, 0.5) is 4.79 Å². The molecule has 0 aromatic heterocycles. The SMILES string of the molecule is CCCCCCCOCCOCCOCCOCCOCCOCCOCCOCCOCCOCCOCCOCCNC(=O)OC(C)(C)C. The molecule has 0 aliphatic carbocycles. The fraction of sp³-hybridized carbons (Fsp3) is 0.972. The van der Waals surface area contributed by atoms with E-state index in [9.17, 15) is 4.79 Å². The zero-order valence-corrected chi connectivity index (χ0v) is 32.4. The summed E-state index contributed by atoms with van der Waals surface area (Å²) in [5, 5.41) is 2.63. The number of ether oxygens (including phenoxy) is 13. The molecule has 0 atom stereocenters. The van der Waals surface area contributed by atoms with Gasteiger partial charge >= 0.3 is 6.09 Å². The van der Waals surface area contributed by atoms with Crippen molar-refractivity contribution in [2.24, 2.45) is 0 Å². The summed E-state index contributed by atoms with van der Waals surface area (Å²) in [7, 11) is 0. The number of carbonyl (C=O) groups is 1. The molecule has 0 spiro atoms. The maximum Gasteiger partial charge on any atom is 0.407 e. The second-order valence-electron chi connectivity index (χ2n) is 12.2. The van der Waals surface area contributed by atoms with Crippen LogP contribution in [0.15, 0.2) is 0 Å². The van der Waals surface area contributed by atoms with Gasteiger partial charge in [-0.2, -0.15) is 0 Å². The van der Waals surface area contributed by atoms with Gasteiger partial charge in [0.15, 0.2) is 0 Å². The molecule has 15 nitrogen and oxygen atoms in total. The first kappa shape index (κ1) is 49.8. The lowest BCUT2D eigenvalue weighted by Gasteiger charge is -2.19. The molecule has 15 heteroatoms. The number of nitrogens with one attached hydrogen (secondary N) is 1. The van der Waals surface area contributed by atoms with Crippen LogP contribution in [0.2, 0.25) is 0 Å². The maximum atomic E-state index is 11.5. The normalized spacial score (nSPS) is 11.8. The summed E-state index contributed by atoms with van der Waals surface area (Å²) >= 11 is 0. The van der Waals surface area contributed by atoms with E-state index in [-0.39, 0.29) is 0 Å². The van der Waals surface area contributed by atoms with Gasteiger partial charge in [0.1, 0.15) is 5.60 Å². The highest BCUT2D eigenvalue weighted by molar-refractivity contribution is 5.67. The number of unbranched alkanes of at least 4 members (excludes halogenated alkanes) is 4. The third kappa shape index (κ3) is 46.8. The zero-order chi connectivity index (χ0) is 37.2. The molecule has 0 bridgehead atoms. The zero-order valence-electron chi connectivity index (χ0n) is 32.4. The predicted molar refractivity (Wildman–Crippen MR) is 193 cm³/mol. The van der Waals surface area contributed by atoms with Crippen molar-refractivity contribution < 1.29 is 66.4 Å². The molecule has 51 heavy (non-hydrogen) atoms. The van der Waals surface area contributed by atoms with E-state index >= 15 is 0 Å². The third-order valence-corrected chi connectivity index (χ3v) is 6.40. The standard InChI is InChI=1S/C36H73NO14/c1-5-6-7-8-9-11-39-13-15-41-17-19-43-21-23-45-25-27-47-29-31-49-33-34-50-32-30-48-28-26-46-24-22-44-20-18-42-16-14-40-12-10-37-35(38)51-36(2,3)4/h5-34H2,1-4H3,(H,37,38). The molecule has 0 aliphatic rings. The van der Waals surface area contributed by atoms with Crippen molar-refractivity contribution in [1.29, 1.82) is 0 Å². The van der Waals surface area contributed by atoms with Gasteiger partial charge < -0.3 is 66.9 Å². The van der Waals surface area contributed by atoms with E-state index in [1.165, 1.54) is 25.7 Å². The van der Waals surface area contributed by atoms with Gasteiger partial charge in [0.05, 0.1) is 152 Å². The number of alkyl carbamates (subject to hydrolysis) is 1. The highest BCUT2D eigenvalue weighted by atomic mass is 16.6. The van der Waals surface area contributed by atoms with Crippen molar-refractivity contribution >= 4 is 6.09 Å². The van der Waals surface area contributed by atoms with Crippen LogP contribution in [0.1, 0.15) is 59.8 Å². The average molecular weight is 744 g/mol. The minimum absolute atomic E-state index is 0.383. The minimum Gasteiger partial charge on any atom is -0.444 e. The molecule has 0 rings (SSSR count). The van der Waals surface area contributed by atoms with Gasteiger partial charge in [0.2, 0.25) is 0 Å². The summed E-state index contributed by atoms with van der Waals surface area (Å²) in [5.74, 6) is 0. The molecular weight excluding hydrogens is 670 g/mol. The van der Waals surface area contributed by atoms with E-state index in [0.29, 0.717) is 159 Å². The topological polar surface area (TPSA) is 149 Å². The lowest BCUT2D eigenvalue weighted by molar-refractivity contribution is -0.0283. The average Bonchev–Trinajstić information content (AvgIpc) is 3.09. The molecule has 0 heterocycles. The number of amides is 1. The first-order valence-electron chi connectivity index (χ1n) is 18.9. The predicted octanol–water partition coefficient (Wildman–Crippen LogP) is 3.68. The Morgan fingerprint density at radius 3 is 0.902 bits per heavy atom. The van der Waals surface area contributed by atoms with Gasteiger partial charge in [0.25, 0.3) is 0 Å². The van der Waals surface area contributed by atoms with Crippen LogP contribution in [0.25, 0.3) is 0 Å². The van der Waals surface area contributed by atoms with Gasteiger partial charge in [-0.3, -0.25) is 0 Å². The van der Waals surface area contributed by atoms with E-state index in [0.717, 1.165) is 13.0 Å².